The zero-order valence-electron chi connectivity index (χ0n) is 12.5. The maximum atomic E-state index is 12.4. The first-order valence-corrected chi connectivity index (χ1v) is 8.24. The van der Waals surface area contributed by atoms with Crippen LogP contribution in [0.25, 0.3) is 0 Å². The fourth-order valence-corrected chi connectivity index (χ4v) is 3.13. The van der Waals surface area contributed by atoms with Gasteiger partial charge in [0.25, 0.3) is 10.0 Å². The van der Waals surface area contributed by atoms with Crippen molar-refractivity contribution in [1.29, 1.82) is 0 Å². The van der Waals surface area contributed by atoms with Crippen LogP contribution in [0.5, 0.6) is 0 Å². The van der Waals surface area contributed by atoms with Crippen LogP contribution in [0.4, 0.5) is 5.69 Å². The van der Waals surface area contributed by atoms with Crippen LogP contribution in [-0.4, -0.2) is 15.5 Å². The largest absolute Gasteiger partial charge is 0.316 e. The summed E-state index contributed by atoms with van der Waals surface area (Å²) in [7, 11) is -1.67. The van der Waals surface area contributed by atoms with Crippen LogP contribution in [0.1, 0.15) is 16.7 Å². The Morgan fingerprint density at radius 3 is 2.19 bits per heavy atom. The molecular weight excluding hydrogens is 284 g/mol. The lowest BCUT2D eigenvalue weighted by molar-refractivity contribution is 0.601. The van der Waals surface area contributed by atoms with E-state index >= 15 is 0 Å². The molecule has 2 rings (SSSR count). The summed E-state index contributed by atoms with van der Waals surface area (Å²) in [6.07, 6.45) is 0. The molecule has 0 radical (unpaired) electrons. The molecule has 0 amide bonds. The molecule has 2 aromatic rings. The zero-order valence-corrected chi connectivity index (χ0v) is 13.3. The van der Waals surface area contributed by atoms with Crippen LogP contribution < -0.4 is 10.0 Å². The van der Waals surface area contributed by atoms with Gasteiger partial charge in [0.2, 0.25) is 0 Å². The maximum absolute atomic E-state index is 12.4. The molecule has 0 fully saturated rings. The van der Waals surface area contributed by atoms with Crippen molar-refractivity contribution >= 4 is 15.7 Å². The first-order chi connectivity index (χ1) is 9.92. The molecule has 2 aromatic carbocycles. The van der Waals surface area contributed by atoms with E-state index in [-0.39, 0.29) is 4.90 Å². The third-order valence-electron chi connectivity index (χ3n) is 3.38. The van der Waals surface area contributed by atoms with Gasteiger partial charge in [-0.05, 0) is 61.9 Å². The molecule has 0 aliphatic heterocycles. The monoisotopic (exact) mass is 304 g/mol. The first-order valence-electron chi connectivity index (χ1n) is 6.76. The topological polar surface area (TPSA) is 58.2 Å². The van der Waals surface area contributed by atoms with Gasteiger partial charge >= 0.3 is 0 Å². The Bertz CT molecular complexity index is 722. The molecule has 0 aliphatic rings. The molecule has 21 heavy (non-hydrogen) atoms. The third-order valence-corrected chi connectivity index (χ3v) is 4.75. The maximum Gasteiger partial charge on any atom is 0.261 e. The molecule has 112 valence electrons. The van der Waals surface area contributed by atoms with E-state index in [0.29, 0.717) is 5.69 Å². The molecule has 0 aliphatic carbocycles. The summed E-state index contributed by atoms with van der Waals surface area (Å²) in [6.45, 7) is 4.62. The number of hydrogen-bond donors (Lipinski definition) is 2. The molecule has 0 atom stereocenters. The van der Waals surface area contributed by atoms with Crippen LogP contribution in [0.15, 0.2) is 47.4 Å². The van der Waals surface area contributed by atoms with E-state index in [2.05, 4.69) is 10.0 Å². The van der Waals surface area contributed by atoms with Crippen molar-refractivity contribution in [3.8, 4) is 0 Å². The normalized spacial score (nSPS) is 11.4. The number of anilines is 1. The highest BCUT2D eigenvalue weighted by Crippen LogP contribution is 2.19. The minimum atomic E-state index is -3.54. The van der Waals surface area contributed by atoms with Crippen molar-refractivity contribution < 1.29 is 8.42 Å². The second kappa shape index (κ2) is 6.28. The summed E-state index contributed by atoms with van der Waals surface area (Å²) >= 11 is 0. The van der Waals surface area contributed by atoms with Gasteiger partial charge < -0.3 is 5.32 Å². The van der Waals surface area contributed by atoms with Crippen molar-refractivity contribution in [3.63, 3.8) is 0 Å². The Morgan fingerprint density at radius 2 is 1.62 bits per heavy atom. The molecule has 2 N–H and O–H groups in total. The molecule has 0 spiro atoms. The summed E-state index contributed by atoms with van der Waals surface area (Å²) in [5, 5.41) is 3.05. The Morgan fingerprint density at radius 1 is 0.952 bits per heavy atom. The van der Waals surface area contributed by atoms with Gasteiger partial charge in [0.15, 0.2) is 0 Å². The summed E-state index contributed by atoms with van der Waals surface area (Å²) < 4.78 is 27.3. The highest BCUT2D eigenvalue weighted by molar-refractivity contribution is 7.92. The predicted octanol–water partition coefficient (Wildman–Crippen LogP) is 2.82. The lowest BCUT2D eigenvalue weighted by Gasteiger charge is -2.10. The summed E-state index contributed by atoms with van der Waals surface area (Å²) in [5.74, 6) is 0. The Hall–Kier alpha value is -1.85. The van der Waals surface area contributed by atoms with E-state index in [1.807, 2.05) is 39.1 Å². The zero-order chi connectivity index (χ0) is 15.5. The second-order valence-electron chi connectivity index (χ2n) is 5.08. The number of nitrogens with one attached hydrogen (secondary N) is 2. The number of sulfonamides is 1. The number of benzene rings is 2. The van der Waals surface area contributed by atoms with Crippen molar-refractivity contribution in [2.45, 2.75) is 25.3 Å². The average Bonchev–Trinajstić information content (AvgIpc) is 2.44. The molecule has 0 bridgehead atoms. The lowest BCUT2D eigenvalue weighted by Crippen LogP contribution is -2.13. The van der Waals surface area contributed by atoms with E-state index in [0.717, 1.165) is 23.2 Å². The molecule has 4 nitrogen and oxygen atoms in total. The van der Waals surface area contributed by atoms with Crippen LogP contribution in [0.3, 0.4) is 0 Å². The molecule has 5 heteroatoms. The summed E-state index contributed by atoms with van der Waals surface area (Å²) in [6, 6.07) is 12.5. The van der Waals surface area contributed by atoms with Crippen LogP contribution >= 0.6 is 0 Å². The number of hydrogen-bond acceptors (Lipinski definition) is 3. The number of rotatable bonds is 5. The molecule has 0 unspecified atom stereocenters. The summed E-state index contributed by atoms with van der Waals surface area (Å²) in [4.78, 5) is 0.282. The van der Waals surface area contributed by atoms with Gasteiger partial charge in [-0.3, -0.25) is 4.72 Å². The fraction of sp³-hybridized carbons (Fsp3) is 0.250. The Labute approximate surface area is 126 Å². The van der Waals surface area contributed by atoms with Gasteiger partial charge in [-0.1, -0.05) is 18.2 Å². The van der Waals surface area contributed by atoms with Crippen LogP contribution in [-0.2, 0) is 16.6 Å². The minimum Gasteiger partial charge on any atom is -0.316 e. The Balaban J connectivity index is 2.22. The van der Waals surface area contributed by atoms with Crippen molar-refractivity contribution in [2.75, 3.05) is 11.8 Å². The molecular formula is C16H20N2O2S. The van der Waals surface area contributed by atoms with E-state index in [1.54, 1.807) is 24.3 Å². The Kier molecular flexibility index (Phi) is 4.65. The second-order valence-corrected chi connectivity index (χ2v) is 6.76. The molecule has 0 saturated carbocycles. The molecule has 0 aromatic heterocycles. The van der Waals surface area contributed by atoms with E-state index < -0.39 is 10.0 Å². The molecule has 0 saturated heterocycles. The van der Waals surface area contributed by atoms with Crippen molar-refractivity contribution in [3.05, 3.63) is 59.2 Å². The van der Waals surface area contributed by atoms with E-state index in [4.69, 9.17) is 0 Å². The minimum absolute atomic E-state index is 0.282. The van der Waals surface area contributed by atoms with Gasteiger partial charge in [-0.2, -0.15) is 0 Å². The lowest BCUT2D eigenvalue weighted by atomic mass is 10.1. The first kappa shape index (κ1) is 15.5. The standard InChI is InChI=1S/C16H20N2O2S/c1-12-4-9-16(10-13(12)2)21(19,20)18-15-7-5-14(6-8-15)11-17-3/h4-10,17-18H,11H2,1-3H3. The van der Waals surface area contributed by atoms with Crippen LogP contribution in [0.2, 0.25) is 0 Å². The third kappa shape index (κ3) is 3.83. The van der Waals surface area contributed by atoms with Gasteiger partial charge in [0.05, 0.1) is 4.90 Å². The summed E-state index contributed by atoms with van der Waals surface area (Å²) in [5.41, 5.74) is 3.70. The van der Waals surface area contributed by atoms with Crippen LogP contribution in [0, 0.1) is 13.8 Å². The van der Waals surface area contributed by atoms with Crippen molar-refractivity contribution in [1.82, 2.24) is 5.32 Å². The van der Waals surface area contributed by atoms with Crippen molar-refractivity contribution in [2.24, 2.45) is 0 Å². The highest BCUT2D eigenvalue weighted by Gasteiger charge is 2.14. The van der Waals surface area contributed by atoms with E-state index in [9.17, 15) is 8.42 Å². The van der Waals surface area contributed by atoms with Gasteiger partial charge in [-0.25, -0.2) is 8.42 Å². The molecule has 0 heterocycles. The smallest absolute Gasteiger partial charge is 0.261 e. The van der Waals surface area contributed by atoms with E-state index in [1.165, 1.54) is 0 Å². The highest BCUT2D eigenvalue weighted by atomic mass is 32.2. The predicted molar refractivity (Wildman–Crippen MR) is 85.9 cm³/mol. The van der Waals surface area contributed by atoms with Gasteiger partial charge in [0, 0.05) is 12.2 Å². The van der Waals surface area contributed by atoms with Gasteiger partial charge in [-0.15, -0.1) is 0 Å². The van der Waals surface area contributed by atoms with Gasteiger partial charge in [0.1, 0.15) is 0 Å². The quantitative estimate of drug-likeness (QED) is 0.893. The SMILES string of the molecule is CNCc1ccc(NS(=O)(=O)c2ccc(C)c(C)c2)cc1. The number of aryl methyl sites for hydroxylation is 2. The fourth-order valence-electron chi connectivity index (χ4n) is 1.99. The average molecular weight is 304 g/mol.